The van der Waals surface area contributed by atoms with Crippen molar-refractivity contribution in [2.24, 2.45) is 4.99 Å². The second-order valence-corrected chi connectivity index (χ2v) is 10.2. The molecule has 6 rings (SSSR count). The second-order valence-electron chi connectivity index (χ2n) is 10.2. The van der Waals surface area contributed by atoms with Crippen molar-refractivity contribution in [3.8, 4) is 17.6 Å². The summed E-state index contributed by atoms with van der Waals surface area (Å²) >= 11 is 0. The summed E-state index contributed by atoms with van der Waals surface area (Å²) in [5, 5.41) is 12.2. The van der Waals surface area contributed by atoms with Crippen LogP contribution in [0, 0.1) is 11.3 Å². The van der Waals surface area contributed by atoms with Crippen molar-refractivity contribution in [3.63, 3.8) is 0 Å². The molecular formula is C31H29N5O4. The van der Waals surface area contributed by atoms with Gasteiger partial charge < -0.3 is 24.6 Å². The Labute approximate surface area is 232 Å². The number of carbonyl (C=O) groups excluding carboxylic acids is 2. The number of hydrogen-bond acceptors (Lipinski definition) is 7. The van der Waals surface area contributed by atoms with Gasteiger partial charge in [0, 0.05) is 37.4 Å². The maximum Gasteiger partial charge on any atom is 0.238 e. The number of benzene rings is 3. The Morgan fingerprint density at radius 3 is 2.50 bits per heavy atom. The molecule has 0 spiro atoms. The summed E-state index contributed by atoms with van der Waals surface area (Å²) in [7, 11) is 2.07. The van der Waals surface area contributed by atoms with Crippen molar-refractivity contribution in [2.45, 2.75) is 12.3 Å². The molecule has 0 aromatic heterocycles. The quantitative estimate of drug-likeness (QED) is 0.501. The van der Waals surface area contributed by atoms with E-state index in [-0.39, 0.29) is 11.8 Å². The van der Waals surface area contributed by atoms with Crippen LogP contribution in [0.5, 0.6) is 11.5 Å². The van der Waals surface area contributed by atoms with Gasteiger partial charge in [-0.2, -0.15) is 5.26 Å². The van der Waals surface area contributed by atoms with Crippen LogP contribution in [0.25, 0.3) is 0 Å². The van der Waals surface area contributed by atoms with Crippen molar-refractivity contribution in [3.05, 3.63) is 82.9 Å². The molecule has 2 amide bonds. The fourth-order valence-corrected chi connectivity index (χ4v) is 5.27. The fraction of sp³-hybridized carbons (Fsp3) is 0.290. The highest BCUT2D eigenvalue weighted by atomic mass is 16.6. The number of ether oxygens (including phenoxy) is 2. The predicted octanol–water partition coefficient (Wildman–Crippen LogP) is 3.50. The summed E-state index contributed by atoms with van der Waals surface area (Å²) in [6, 6.07) is 20.4. The summed E-state index contributed by atoms with van der Waals surface area (Å²) in [5.41, 5.74) is 4.70. The number of hydrogen-bond donors (Lipinski definition) is 1. The Bertz CT molecular complexity index is 1530. The van der Waals surface area contributed by atoms with Gasteiger partial charge in [0.25, 0.3) is 0 Å². The lowest BCUT2D eigenvalue weighted by molar-refractivity contribution is -0.132. The summed E-state index contributed by atoms with van der Waals surface area (Å²) in [6.07, 6.45) is 0.336. The van der Waals surface area contributed by atoms with Crippen LogP contribution in [0.2, 0.25) is 0 Å². The smallest absolute Gasteiger partial charge is 0.238 e. The number of fused-ring (bicyclic) bond motifs is 2. The molecule has 3 heterocycles. The lowest BCUT2D eigenvalue weighted by atomic mass is 9.90. The third kappa shape index (κ3) is 5.14. The monoisotopic (exact) mass is 535 g/mol. The minimum absolute atomic E-state index is 0.122. The van der Waals surface area contributed by atoms with E-state index in [1.807, 2.05) is 47.4 Å². The third-order valence-corrected chi connectivity index (χ3v) is 7.52. The molecule has 40 heavy (non-hydrogen) atoms. The molecule has 3 aromatic carbocycles. The summed E-state index contributed by atoms with van der Waals surface area (Å²) in [4.78, 5) is 35.2. The number of rotatable bonds is 5. The Hall–Kier alpha value is -4.68. The first-order valence-corrected chi connectivity index (χ1v) is 13.4. The van der Waals surface area contributed by atoms with Gasteiger partial charge in [0.2, 0.25) is 11.8 Å². The van der Waals surface area contributed by atoms with Gasteiger partial charge in [-0.05, 0) is 60.6 Å². The molecule has 1 atom stereocenters. The number of piperazine rings is 1. The number of carbonyl (C=O) groups is 2. The van der Waals surface area contributed by atoms with Crippen LogP contribution in [0.15, 0.2) is 65.7 Å². The molecule has 3 aliphatic rings. The molecule has 0 saturated carbocycles. The number of aliphatic imine (C=N–C) groups is 1. The van der Waals surface area contributed by atoms with E-state index in [0.717, 1.165) is 42.9 Å². The van der Waals surface area contributed by atoms with Gasteiger partial charge in [-0.1, -0.05) is 18.2 Å². The molecule has 1 unspecified atom stereocenters. The van der Waals surface area contributed by atoms with Gasteiger partial charge in [-0.25, -0.2) is 0 Å². The van der Waals surface area contributed by atoms with E-state index in [0.29, 0.717) is 53.8 Å². The van der Waals surface area contributed by atoms with Crippen LogP contribution in [0.3, 0.4) is 0 Å². The molecule has 9 nitrogen and oxygen atoms in total. The molecule has 0 radical (unpaired) electrons. The van der Waals surface area contributed by atoms with E-state index < -0.39 is 5.92 Å². The van der Waals surface area contributed by atoms with E-state index in [2.05, 4.69) is 23.3 Å². The van der Waals surface area contributed by atoms with Crippen molar-refractivity contribution < 1.29 is 19.1 Å². The summed E-state index contributed by atoms with van der Waals surface area (Å²) in [6.45, 7) is 4.20. The molecular weight excluding hydrogens is 506 g/mol. The summed E-state index contributed by atoms with van der Waals surface area (Å²) in [5.74, 6) is 0.487. The first-order chi connectivity index (χ1) is 19.5. The average molecular weight is 536 g/mol. The van der Waals surface area contributed by atoms with Crippen LogP contribution < -0.4 is 14.8 Å². The molecule has 3 aromatic rings. The Morgan fingerprint density at radius 2 is 1.75 bits per heavy atom. The second kappa shape index (κ2) is 10.8. The normalized spacial score (nSPS) is 18.6. The number of anilines is 1. The van der Waals surface area contributed by atoms with E-state index in [1.165, 1.54) is 0 Å². The Balaban J connectivity index is 1.32. The standard InChI is InChI=1S/C31H29N5O4/c1-35-10-12-36(13-11-35)28(37)17-20-2-6-23(7-3-20)33-30(22-5-9-26-27(18-22)40-15-14-39-26)29-24-8-4-21(19-32)16-25(24)34-31(29)38/h2-9,16,18,29H,10-15,17H2,1H3,(H,34,38). The van der Waals surface area contributed by atoms with Gasteiger partial charge in [0.15, 0.2) is 11.5 Å². The minimum atomic E-state index is -0.677. The number of amides is 2. The van der Waals surface area contributed by atoms with E-state index in [4.69, 9.17) is 14.5 Å². The Morgan fingerprint density at radius 1 is 1.00 bits per heavy atom. The topological polar surface area (TPSA) is 107 Å². The first-order valence-electron chi connectivity index (χ1n) is 13.4. The van der Waals surface area contributed by atoms with Crippen molar-refractivity contribution >= 4 is 28.9 Å². The zero-order valence-corrected chi connectivity index (χ0v) is 22.2. The molecule has 202 valence electrons. The molecule has 1 fully saturated rings. The molecule has 1 N–H and O–H groups in total. The van der Waals surface area contributed by atoms with Crippen molar-refractivity contribution in [1.82, 2.24) is 9.80 Å². The van der Waals surface area contributed by atoms with Gasteiger partial charge >= 0.3 is 0 Å². The lowest BCUT2D eigenvalue weighted by Gasteiger charge is -2.32. The average Bonchev–Trinajstić information content (AvgIpc) is 3.31. The van der Waals surface area contributed by atoms with Crippen LogP contribution >= 0.6 is 0 Å². The van der Waals surface area contributed by atoms with Gasteiger partial charge in [-0.3, -0.25) is 14.6 Å². The Kier molecular flexibility index (Phi) is 6.93. The highest BCUT2D eigenvalue weighted by Crippen LogP contribution is 2.39. The number of nitrogens with zero attached hydrogens (tertiary/aromatic N) is 4. The molecule has 1 saturated heterocycles. The first kappa shape index (κ1) is 25.6. The number of nitrogens with one attached hydrogen (secondary N) is 1. The molecule has 3 aliphatic heterocycles. The SMILES string of the molecule is CN1CCN(C(=O)Cc2ccc(N=C(c3ccc4c(c3)OCCO4)C3C(=O)Nc4cc(C#N)ccc43)cc2)CC1. The van der Waals surface area contributed by atoms with Crippen molar-refractivity contribution in [2.75, 3.05) is 51.8 Å². The van der Waals surface area contributed by atoms with Gasteiger partial charge in [0.1, 0.15) is 19.1 Å². The zero-order valence-electron chi connectivity index (χ0n) is 22.2. The third-order valence-electron chi connectivity index (χ3n) is 7.52. The van der Waals surface area contributed by atoms with Crippen LogP contribution in [-0.4, -0.2) is 73.8 Å². The molecule has 0 bridgehead atoms. The van der Waals surface area contributed by atoms with Crippen LogP contribution in [0.1, 0.15) is 28.2 Å². The van der Waals surface area contributed by atoms with Gasteiger partial charge in [0.05, 0.1) is 29.5 Å². The maximum atomic E-state index is 13.3. The number of nitriles is 1. The lowest BCUT2D eigenvalue weighted by Crippen LogP contribution is -2.47. The fourth-order valence-electron chi connectivity index (χ4n) is 5.27. The zero-order chi connectivity index (χ0) is 27.6. The van der Waals surface area contributed by atoms with Crippen LogP contribution in [0.4, 0.5) is 11.4 Å². The highest BCUT2D eigenvalue weighted by molar-refractivity contribution is 6.24. The summed E-state index contributed by atoms with van der Waals surface area (Å²) < 4.78 is 11.5. The maximum absolute atomic E-state index is 13.3. The molecule has 9 heteroatoms. The highest BCUT2D eigenvalue weighted by Gasteiger charge is 2.36. The van der Waals surface area contributed by atoms with Crippen molar-refractivity contribution in [1.29, 1.82) is 5.26 Å². The largest absolute Gasteiger partial charge is 0.486 e. The van der Waals surface area contributed by atoms with Crippen LogP contribution in [-0.2, 0) is 16.0 Å². The van der Waals surface area contributed by atoms with E-state index in [1.54, 1.807) is 18.2 Å². The van der Waals surface area contributed by atoms with Gasteiger partial charge in [-0.15, -0.1) is 0 Å². The van der Waals surface area contributed by atoms with E-state index >= 15 is 0 Å². The minimum Gasteiger partial charge on any atom is -0.486 e. The number of likely N-dealkylation sites (N-methyl/N-ethyl adjacent to an activating group) is 1. The molecule has 0 aliphatic carbocycles. The predicted molar refractivity (Wildman–Crippen MR) is 150 cm³/mol. The van der Waals surface area contributed by atoms with E-state index in [9.17, 15) is 14.9 Å².